The third kappa shape index (κ3) is 1.82. The van der Waals surface area contributed by atoms with Gasteiger partial charge in [0.25, 0.3) is 0 Å². The van der Waals surface area contributed by atoms with Crippen molar-refractivity contribution in [2.45, 2.75) is 65.7 Å². The van der Waals surface area contributed by atoms with Crippen molar-refractivity contribution in [3.05, 3.63) is 10.7 Å². The summed E-state index contributed by atoms with van der Waals surface area (Å²) in [6.07, 6.45) is 8.05. The van der Waals surface area contributed by atoms with E-state index in [2.05, 4.69) is 26.1 Å². The van der Waals surface area contributed by atoms with Crippen molar-refractivity contribution in [1.29, 1.82) is 0 Å². The lowest BCUT2D eigenvalue weighted by atomic mass is 9.49. The summed E-state index contributed by atoms with van der Waals surface area (Å²) in [4.78, 5) is 11.8. The van der Waals surface area contributed by atoms with Crippen molar-refractivity contribution in [3.8, 4) is 0 Å². The molecule has 2 saturated carbocycles. The molecule has 3 heteroatoms. The average Bonchev–Trinajstić information content (AvgIpc) is 2.77. The van der Waals surface area contributed by atoms with Gasteiger partial charge in [-0.05, 0) is 67.6 Å². The van der Waals surface area contributed by atoms with Crippen LogP contribution in [0.3, 0.4) is 0 Å². The molecule has 4 rings (SSSR count). The number of piperidine rings is 1. The third-order valence-corrected chi connectivity index (χ3v) is 8.47. The molecule has 0 aromatic carbocycles. The van der Waals surface area contributed by atoms with E-state index < -0.39 is 0 Å². The lowest BCUT2D eigenvalue weighted by molar-refractivity contribution is -0.125. The first-order valence-corrected chi connectivity index (χ1v) is 9.43. The Bertz CT molecular complexity index is 556. The highest BCUT2D eigenvalue weighted by atomic mass is 35.5. The first-order chi connectivity index (χ1) is 10.4. The summed E-state index contributed by atoms with van der Waals surface area (Å²) in [5, 5.41) is 4.07. The van der Waals surface area contributed by atoms with Gasteiger partial charge in [-0.3, -0.25) is 4.79 Å². The normalized spacial score (nSPS) is 51.0. The predicted molar refractivity (Wildman–Crippen MR) is 89.2 cm³/mol. The first-order valence-electron chi connectivity index (χ1n) is 9.05. The van der Waals surface area contributed by atoms with E-state index in [4.69, 9.17) is 11.6 Å². The number of carbonyl (C=O) groups is 1. The van der Waals surface area contributed by atoms with Crippen LogP contribution in [-0.2, 0) is 4.79 Å². The van der Waals surface area contributed by atoms with Gasteiger partial charge in [-0.15, -0.1) is 0 Å². The molecule has 1 aliphatic heterocycles. The second-order valence-corrected chi connectivity index (χ2v) is 9.31. The fourth-order valence-corrected chi connectivity index (χ4v) is 6.97. The molecule has 3 aliphatic carbocycles. The van der Waals surface area contributed by atoms with Crippen molar-refractivity contribution < 1.29 is 4.79 Å². The largest absolute Gasteiger partial charge is 0.328 e. The highest BCUT2D eigenvalue weighted by Crippen LogP contribution is 2.66. The van der Waals surface area contributed by atoms with Gasteiger partial charge in [-0.2, -0.15) is 0 Å². The molecule has 22 heavy (non-hydrogen) atoms. The van der Waals surface area contributed by atoms with Crippen LogP contribution in [0, 0.1) is 34.5 Å². The summed E-state index contributed by atoms with van der Waals surface area (Å²) >= 11 is 6.70. The van der Waals surface area contributed by atoms with Crippen LogP contribution in [0.5, 0.6) is 0 Å². The van der Waals surface area contributed by atoms with Crippen LogP contribution in [0.2, 0.25) is 0 Å². The van der Waals surface area contributed by atoms with Crippen LogP contribution in [0.1, 0.15) is 65.7 Å². The van der Waals surface area contributed by atoms with Gasteiger partial charge in [-0.25, -0.2) is 0 Å². The minimum atomic E-state index is 0.0983. The molecule has 3 unspecified atom stereocenters. The van der Waals surface area contributed by atoms with Crippen molar-refractivity contribution in [2.24, 2.45) is 34.5 Å². The molecular weight excluding hydrogens is 294 g/mol. The van der Waals surface area contributed by atoms with Crippen LogP contribution in [0.25, 0.3) is 0 Å². The Morgan fingerprint density at radius 2 is 1.91 bits per heavy atom. The molecule has 0 radical (unpaired) electrons. The standard InChI is InChI=1S/C19H28ClNO/c1-11-4-5-13-12-10-15(20)17-19(3,9-7-16(22)21-17)14(12)6-8-18(11,13)2/h11-14H,4-10H2,1-3H3,(H,21,22)/t11-,12?,13?,14?,18+,19+/m0/s1. The fourth-order valence-electron chi connectivity index (χ4n) is 6.53. The van der Waals surface area contributed by atoms with Crippen LogP contribution < -0.4 is 5.32 Å². The van der Waals surface area contributed by atoms with E-state index in [0.29, 0.717) is 17.8 Å². The van der Waals surface area contributed by atoms with Gasteiger partial charge in [0.15, 0.2) is 0 Å². The van der Waals surface area contributed by atoms with E-state index in [-0.39, 0.29) is 11.3 Å². The summed E-state index contributed by atoms with van der Waals surface area (Å²) < 4.78 is 0. The number of allylic oxidation sites excluding steroid dienone is 2. The molecule has 0 spiro atoms. The molecule has 1 amide bonds. The molecule has 1 heterocycles. The van der Waals surface area contributed by atoms with Gasteiger partial charge >= 0.3 is 0 Å². The number of amides is 1. The molecule has 3 fully saturated rings. The Balaban J connectivity index is 1.74. The third-order valence-electron chi connectivity index (χ3n) is 8.12. The van der Waals surface area contributed by atoms with E-state index in [9.17, 15) is 4.79 Å². The molecule has 1 N–H and O–H groups in total. The summed E-state index contributed by atoms with van der Waals surface area (Å²) in [5.74, 6) is 3.25. The number of halogens is 1. The number of rotatable bonds is 0. The molecule has 0 bridgehead atoms. The monoisotopic (exact) mass is 321 g/mol. The molecule has 2 nitrogen and oxygen atoms in total. The Hall–Kier alpha value is -0.500. The maximum Gasteiger partial charge on any atom is 0.224 e. The van der Waals surface area contributed by atoms with Crippen molar-refractivity contribution in [2.75, 3.05) is 0 Å². The summed E-state index contributed by atoms with van der Waals surface area (Å²) in [5.41, 5.74) is 1.69. The van der Waals surface area contributed by atoms with Gasteiger partial charge in [0.2, 0.25) is 5.91 Å². The molecule has 1 saturated heterocycles. The number of fused-ring (bicyclic) bond motifs is 5. The number of hydrogen-bond acceptors (Lipinski definition) is 1. The summed E-state index contributed by atoms with van der Waals surface area (Å²) in [6, 6.07) is 0. The molecule has 122 valence electrons. The Morgan fingerprint density at radius 1 is 1.14 bits per heavy atom. The maximum atomic E-state index is 11.8. The van der Waals surface area contributed by atoms with E-state index in [0.717, 1.165) is 41.3 Å². The number of hydrogen-bond donors (Lipinski definition) is 1. The van der Waals surface area contributed by atoms with Gasteiger partial charge in [0.1, 0.15) is 0 Å². The number of carbonyl (C=O) groups excluding carboxylic acids is 1. The zero-order valence-electron chi connectivity index (χ0n) is 14.0. The van der Waals surface area contributed by atoms with Gasteiger partial charge in [-0.1, -0.05) is 32.4 Å². The molecule has 4 aliphatic rings. The van der Waals surface area contributed by atoms with Crippen molar-refractivity contribution >= 4 is 17.5 Å². The SMILES string of the molecule is C[C@H]1CCC2C3CC(Cl)=C4NC(=O)CC[C@]4(C)C3CC[C@@]21C. The zero-order chi connectivity index (χ0) is 15.7. The van der Waals surface area contributed by atoms with Crippen LogP contribution >= 0.6 is 11.6 Å². The van der Waals surface area contributed by atoms with Gasteiger partial charge < -0.3 is 5.32 Å². The second kappa shape index (κ2) is 4.75. The maximum absolute atomic E-state index is 11.8. The Kier molecular flexibility index (Phi) is 3.25. The van der Waals surface area contributed by atoms with Gasteiger partial charge in [0, 0.05) is 22.6 Å². The Morgan fingerprint density at radius 3 is 2.68 bits per heavy atom. The summed E-state index contributed by atoms with van der Waals surface area (Å²) in [6.45, 7) is 7.35. The van der Waals surface area contributed by atoms with Crippen LogP contribution in [0.15, 0.2) is 10.7 Å². The lowest BCUT2D eigenvalue weighted by Gasteiger charge is -2.57. The molecule has 0 aromatic rings. The van der Waals surface area contributed by atoms with E-state index in [1.54, 1.807) is 0 Å². The molecular formula is C19H28ClNO. The van der Waals surface area contributed by atoms with E-state index >= 15 is 0 Å². The van der Waals surface area contributed by atoms with Crippen LogP contribution in [0.4, 0.5) is 0 Å². The quantitative estimate of drug-likeness (QED) is 0.680. The predicted octanol–water partition coefficient (Wildman–Crippen LogP) is 4.84. The lowest BCUT2D eigenvalue weighted by Crippen LogP contribution is -2.53. The Labute approximate surface area is 139 Å². The molecule has 6 atom stereocenters. The van der Waals surface area contributed by atoms with Crippen molar-refractivity contribution in [3.63, 3.8) is 0 Å². The smallest absolute Gasteiger partial charge is 0.224 e. The van der Waals surface area contributed by atoms with Crippen molar-refractivity contribution in [1.82, 2.24) is 5.32 Å². The van der Waals surface area contributed by atoms with Crippen LogP contribution in [-0.4, -0.2) is 5.91 Å². The van der Waals surface area contributed by atoms with Gasteiger partial charge in [0.05, 0.1) is 0 Å². The minimum Gasteiger partial charge on any atom is -0.328 e. The number of nitrogens with one attached hydrogen (secondary N) is 1. The summed E-state index contributed by atoms with van der Waals surface area (Å²) in [7, 11) is 0. The first kappa shape index (κ1) is 15.1. The zero-order valence-corrected chi connectivity index (χ0v) is 14.8. The highest BCUT2D eigenvalue weighted by Gasteiger charge is 2.58. The van der Waals surface area contributed by atoms with E-state index in [1.807, 2.05) is 0 Å². The fraction of sp³-hybridized carbons (Fsp3) is 0.842. The molecule has 0 aromatic heterocycles. The van der Waals surface area contributed by atoms with E-state index in [1.165, 1.54) is 25.7 Å². The highest BCUT2D eigenvalue weighted by molar-refractivity contribution is 6.30. The second-order valence-electron chi connectivity index (χ2n) is 8.85. The topological polar surface area (TPSA) is 29.1 Å². The average molecular weight is 322 g/mol. The minimum absolute atomic E-state index is 0.0983.